The lowest BCUT2D eigenvalue weighted by Gasteiger charge is -2.27. The topological polar surface area (TPSA) is 29.3 Å². The SMILES string of the molecule is CSc1cccc(N(C)C(C)C)c1CN. The van der Waals surface area contributed by atoms with Crippen molar-refractivity contribution in [3.63, 3.8) is 0 Å². The van der Waals surface area contributed by atoms with Crippen molar-refractivity contribution in [3.8, 4) is 0 Å². The van der Waals surface area contributed by atoms with Gasteiger partial charge >= 0.3 is 0 Å². The van der Waals surface area contributed by atoms with Crippen molar-refractivity contribution in [1.82, 2.24) is 0 Å². The zero-order valence-corrected chi connectivity index (χ0v) is 10.8. The molecule has 0 saturated heterocycles. The predicted molar refractivity (Wildman–Crippen MR) is 69.7 cm³/mol. The van der Waals surface area contributed by atoms with Gasteiger partial charge in [-0.15, -0.1) is 11.8 Å². The summed E-state index contributed by atoms with van der Waals surface area (Å²) in [7, 11) is 2.11. The predicted octanol–water partition coefficient (Wildman–Crippen LogP) is 2.71. The maximum atomic E-state index is 5.82. The molecule has 2 N–H and O–H groups in total. The molecule has 0 aromatic heterocycles. The van der Waals surface area contributed by atoms with Crippen LogP contribution < -0.4 is 10.6 Å². The number of thioether (sulfide) groups is 1. The van der Waals surface area contributed by atoms with Crippen LogP contribution in [0.5, 0.6) is 0 Å². The lowest BCUT2D eigenvalue weighted by atomic mass is 10.1. The number of benzene rings is 1. The van der Waals surface area contributed by atoms with Gasteiger partial charge in [-0.25, -0.2) is 0 Å². The van der Waals surface area contributed by atoms with Gasteiger partial charge in [0.1, 0.15) is 0 Å². The third kappa shape index (κ3) is 2.67. The van der Waals surface area contributed by atoms with E-state index in [0.717, 1.165) is 0 Å². The van der Waals surface area contributed by atoms with E-state index < -0.39 is 0 Å². The van der Waals surface area contributed by atoms with Crippen molar-refractivity contribution in [2.45, 2.75) is 31.3 Å². The Balaban J connectivity index is 3.16. The van der Waals surface area contributed by atoms with E-state index in [-0.39, 0.29) is 0 Å². The van der Waals surface area contributed by atoms with Crippen LogP contribution in [0, 0.1) is 0 Å². The molecule has 0 spiro atoms. The van der Waals surface area contributed by atoms with Gasteiger partial charge in [-0.05, 0) is 32.2 Å². The summed E-state index contributed by atoms with van der Waals surface area (Å²) in [4.78, 5) is 3.55. The number of nitrogens with two attached hydrogens (primary N) is 1. The molecule has 0 bridgehead atoms. The first-order valence-corrected chi connectivity index (χ1v) is 6.43. The zero-order chi connectivity index (χ0) is 11.4. The molecule has 0 atom stereocenters. The first-order valence-electron chi connectivity index (χ1n) is 5.20. The fraction of sp³-hybridized carbons (Fsp3) is 0.500. The highest BCUT2D eigenvalue weighted by atomic mass is 32.2. The second kappa shape index (κ2) is 5.42. The molecule has 0 aliphatic heterocycles. The standard InChI is InChI=1S/C12H20N2S/c1-9(2)14(3)11-6-5-7-12(15-4)10(11)8-13/h5-7,9H,8,13H2,1-4H3. The summed E-state index contributed by atoms with van der Waals surface area (Å²) in [5.41, 5.74) is 8.33. The highest BCUT2D eigenvalue weighted by molar-refractivity contribution is 7.98. The van der Waals surface area contributed by atoms with Crippen molar-refractivity contribution in [2.24, 2.45) is 5.73 Å². The van der Waals surface area contributed by atoms with Gasteiger partial charge in [-0.3, -0.25) is 0 Å². The monoisotopic (exact) mass is 224 g/mol. The Kier molecular flexibility index (Phi) is 4.48. The number of nitrogens with zero attached hydrogens (tertiary/aromatic N) is 1. The molecule has 0 saturated carbocycles. The van der Waals surface area contributed by atoms with Gasteiger partial charge in [-0.2, -0.15) is 0 Å². The van der Waals surface area contributed by atoms with Crippen molar-refractivity contribution in [1.29, 1.82) is 0 Å². The lowest BCUT2D eigenvalue weighted by Crippen LogP contribution is -2.27. The van der Waals surface area contributed by atoms with Gasteiger partial charge in [-0.1, -0.05) is 6.07 Å². The largest absolute Gasteiger partial charge is 0.372 e. The normalized spacial score (nSPS) is 10.8. The van der Waals surface area contributed by atoms with Crippen LogP contribution in [0.2, 0.25) is 0 Å². The maximum absolute atomic E-state index is 5.82. The molecule has 0 heterocycles. The number of anilines is 1. The number of hydrogen-bond donors (Lipinski definition) is 1. The Bertz CT molecular complexity index is 323. The highest BCUT2D eigenvalue weighted by Crippen LogP contribution is 2.29. The summed E-state index contributed by atoms with van der Waals surface area (Å²) in [6, 6.07) is 6.86. The molecular formula is C12H20N2S. The summed E-state index contributed by atoms with van der Waals surface area (Å²) in [5, 5.41) is 0. The fourth-order valence-corrected chi connectivity index (χ4v) is 2.21. The molecule has 0 unspecified atom stereocenters. The van der Waals surface area contributed by atoms with Gasteiger partial charge in [0, 0.05) is 35.8 Å². The molecule has 0 radical (unpaired) electrons. The van der Waals surface area contributed by atoms with Crippen LogP contribution in [0.3, 0.4) is 0 Å². The van der Waals surface area contributed by atoms with Crippen molar-refractivity contribution in [2.75, 3.05) is 18.2 Å². The zero-order valence-electron chi connectivity index (χ0n) is 9.95. The Morgan fingerprint density at radius 1 is 1.40 bits per heavy atom. The van der Waals surface area contributed by atoms with Crippen LogP contribution in [-0.4, -0.2) is 19.3 Å². The molecule has 0 aliphatic carbocycles. The van der Waals surface area contributed by atoms with Crippen LogP contribution in [-0.2, 0) is 6.54 Å². The van der Waals surface area contributed by atoms with Crippen LogP contribution in [0.25, 0.3) is 0 Å². The molecule has 2 nitrogen and oxygen atoms in total. The third-order valence-electron chi connectivity index (χ3n) is 2.69. The minimum absolute atomic E-state index is 0.493. The van der Waals surface area contributed by atoms with Gasteiger partial charge in [0.05, 0.1) is 0 Å². The second-order valence-corrected chi connectivity index (χ2v) is 4.71. The van der Waals surface area contributed by atoms with E-state index in [9.17, 15) is 0 Å². The van der Waals surface area contributed by atoms with Gasteiger partial charge < -0.3 is 10.6 Å². The molecular weight excluding hydrogens is 204 g/mol. The molecule has 0 fully saturated rings. The molecule has 84 valence electrons. The molecule has 0 aliphatic rings. The van der Waals surface area contributed by atoms with Crippen LogP contribution in [0.4, 0.5) is 5.69 Å². The van der Waals surface area contributed by atoms with E-state index in [4.69, 9.17) is 5.73 Å². The van der Waals surface area contributed by atoms with E-state index in [1.54, 1.807) is 11.8 Å². The van der Waals surface area contributed by atoms with Crippen molar-refractivity contribution < 1.29 is 0 Å². The average Bonchev–Trinajstić information content (AvgIpc) is 2.26. The molecule has 0 amide bonds. The highest BCUT2D eigenvalue weighted by Gasteiger charge is 2.11. The number of rotatable bonds is 4. The number of hydrogen-bond acceptors (Lipinski definition) is 3. The van der Waals surface area contributed by atoms with E-state index in [0.29, 0.717) is 12.6 Å². The van der Waals surface area contributed by atoms with E-state index >= 15 is 0 Å². The molecule has 1 aromatic carbocycles. The summed E-state index contributed by atoms with van der Waals surface area (Å²) in [6.07, 6.45) is 2.09. The summed E-state index contributed by atoms with van der Waals surface area (Å²) in [5.74, 6) is 0. The van der Waals surface area contributed by atoms with E-state index in [1.807, 2.05) is 0 Å². The average molecular weight is 224 g/mol. The van der Waals surface area contributed by atoms with Crippen LogP contribution in [0.1, 0.15) is 19.4 Å². The molecule has 3 heteroatoms. The quantitative estimate of drug-likeness (QED) is 0.797. The van der Waals surface area contributed by atoms with Crippen LogP contribution >= 0.6 is 11.8 Å². The van der Waals surface area contributed by atoms with Gasteiger partial charge in [0.15, 0.2) is 0 Å². The Morgan fingerprint density at radius 2 is 2.07 bits per heavy atom. The van der Waals surface area contributed by atoms with E-state index in [1.165, 1.54) is 16.1 Å². The first kappa shape index (κ1) is 12.4. The van der Waals surface area contributed by atoms with Crippen LogP contribution in [0.15, 0.2) is 23.1 Å². The van der Waals surface area contributed by atoms with Crippen molar-refractivity contribution >= 4 is 17.4 Å². The smallest absolute Gasteiger partial charge is 0.0422 e. The summed E-state index contributed by atoms with van der Waals surface area (Å²) in [6.45, 7) is 4.97. The summed E-state index contributed by atoms with van der Waals surface area (Å²) >= 11 is 1.76. The minimum Gasteiger partial charge on any atom is -0.372 e. The van der Waals surface area contributed by atoms with Crippen molar-refractivity contribution in [3.05, 3.63) is 23.8 Å². The lowest BCUT2D eigenvalue weighted by molar-refractivity contribution is 0.747. The van der Waals surface area contributed by atoms with Gasteiger partial charge in [0.2, 0.25) is 0 Å². The van der Waals surface area contributed by atoms with Gasteiger partial charge in [0.25, 0.3) is 0 Å². The fourth-order valence-electron chi connectivity index (χ4n) is 1.56. The third-order valence-corrected chi connectivity index (χ3v) is 3.51. The molecule has 1 aromatic rings. The molecule has 15 heavy (non-hydrogen) atoms. The second-order valence-electron chi connectivity index (χ2n) is 3.87. The summed E-state index contributed by atoms with van der Waals surface area (Å²) < 4.78 is 0. The molecule has 1 rings (SSSR count). The Hall–Kier alpha value is -0.670. The first-order chi connectivity index (χ1) is 7.11. The Labute approximate surface area is 96.8 Å². The Morgan fingerprint density at radius 3 is 2.53 bits per heavy atom. The maximum Gasteiger partial charge on any atom is 0.0422 e. The van der Waals surface area contributed by atoms with E-state index in [2.05, 4.69) is 50.2 Å². The minimum atomic E-state index is 0.493.